The molecule has 0 aliphatic rings. The average Bonchev–Trinajstić information content (AvgIpc) is 3.29. The van der Waals surface area contributed by atoms with Crippen LogP contribution in [0.5, 0.6) is 0 Å². The van der Waals surface area contributed by atoms with Crippen LogP contribution >= 0.6 is 23.1 Å². The van der Waals surface area contributed by atoms with Gasteiger partial charge in [0.2, 0.25) is 11.7 Å². The summed E-state index contributed by atoms with van der Waals surface area (Å²) in [6.45, 7) is 0. The van der Waals surface area contributed by atoms with Gasteiger partial charge < -0.3 is 4.52 Å². The second-order valence-electron chi connectivity index (χ2n) is 5.19. The predicted molar refractivity (Wildman–Crippen MR) is 91.7 cm³/mol. The Bertz CT molecular complexity index is 1060. The summed E-state index contributed by atoms with van der Waals surface area (Å²) in [6.07, 6.45) is -2.93. The van der Waals surface area contributed by atoms with E-state index in [0.717, 1.165) is 27.4 Å². The van der Waals surface area contributed by atoms with Crippen LogP contribution < -0.4 is 0 Å². The van der Waals surface area contributed by atoms with E-state index in [1.807, 2.05) is 11.4 Å². The summed E-state index contributed by atoms with van der Waals surface area (Å²) in [5.41, 5.74) is 0.363. The quantitative estimate of drug-likeness (QED) is 0.356. The molecular weight excluding hydrogens is 385 g/mol. The molecule has 0 aliphatic carbocycles. The molecule has 0 radical (unpaired) electrons. The molecule has 0 atom stereocenters. The van der Waals surface area contributed by atoms with Crippen LogP contribution in [0, 0.1) is 0 Å². The fraction of sp³-hybridized carbons (Fsp3) is 0.125. The summed E-state index contributed by atoms with van der Waals surface area (Å²) in [6, 6.07) is 6.74. The summed E-state index contributed by atoms with van der Waals surface area (Å²) in [4.78, 5) is 12.6. The Hall–Kier alpha value is -2.46. The number of hydrogen-bond acceptors (Lipinski definition) is 7. The van der Waals surface area contributed by atoms with Gasteiger partial charge >= 0.3 is 6.18 Å². The van der Waals surface area contributed by atoms with Crippen molar-refractivity contribution in [1.29, 1.82) is 0 Å². The zero-order chi connectivity index (χ0) is 18.1. The van der Waals surface area contributed by atoms with Crippen molar-refractivity contribution in [3.8, 4) is 11.4 Å². The molecule has 4 rings (SSSR count). The molecule has 132 valence electrons. The molecular formula is C16H9F3N4OS2. The molecule has 0 aliphatic heterocycles. The molecule has 3 aromatic heterocycles. The molecule has 26 heavy (non-hydrogen) atoms. The van der Waals surface area contributed by atoms with Crippen molar-refractivity contribution in [1.82, 2.24) is 20.1 Å². The highest BCUT2D eigenvalue weighted by Gasteiger charge is 2.30. The van der Waals surface area contributed by atoms with E-state index in [4.69, 9.17) is 4.52 Å². The zero-order valence-corrected chi connectivity index (χ0v) is 14.5. The van der Waals surface area contributed by atoms with Crippen LogP contribution in [-0.4, -0.2) is 20.1 Å². The lowest BCUT2D eigenvalue weighted by Gasteiger charge is -2.06. The topological polar surface area (TPSA) is 64.7 Å². The van der Waals surface area contributed by atoms with Crippen molar-refractivity contribution in [2.75, 3.05) is 0 Å². The molecule has 3 heterocycles. The molecule has 1 aromatic carbocycles. The fourth-order valence-corrected chi connectivity index (χ4v) is 4.05. The maximum Gasteiger partial charge on any atom is 0.416 e. The largest absolute Gasteiger partial charge is 0.416 e. The Balaban J connectivity index is 1.53. The first-order valence-electron chi connectivity index (χ1n) is 7.32. The van der Waals surface area contributed by atoms with Gasteiger partial charge in [0.05, 0.1) is 21.5 Å². The number of halogens is 3. The number of alkyl halides is 3. The molecule has 0 spiro atoms. The van der Waals surface area contributed by atoms with Crippen LogP contribution in [0.3, 0.4) is 0 Å². The zero-order valence-electron chi connectivity index (χ0n) is 12.9. The number of benzene rings is 1. The fourth-order valence-electron chi connectivity index (χ4n) is 2.26. The van der Waals surface area contributed by atoms with E-state index in [-0.39, 0.29) is 11.4 Å². The van der Waals surface area contributed by atoms with E-state index in [1.165, 1.54) is 41.6 Å². The van der Waals surface area contributed by atoms with Gasteiger partial charge in [-0.2, -0.15) is 18.2 Å². The number of fused-ring (bicyclic) bond motifs is 1. The first kappa shape index (κ1) is 17.0. The van der Waals surface area contributed by atoms with Crippen molar-refractivity contribution in [3.63, 3.8) is 0 Å². The lowest BCUT2D eigenvalue weighted by atomic mass is 10.1. The third kappa shape index (κ3) is 3.42. The van der Waals surface area contributed by atoms with E-state index in [0.29, 0.717) is 11.6 Å². The van der Waals surface area contributed by atoms with Crippen LogP contribution in [0.25, 0.3) is 21.6 Å². The van der Waals surface area contributed by atoms with Crippen LogP contribution in [0.1, 0.15) is 11.5 Å². The number of nitrogens with zero attached hydrogens (tertiary/aromatic N) is 4. The van der Waals surface area contributed by atoms with Crippen molar-refractivity contribution >= 4 is 33.3 Å². The van der Waals surface area contributed by atoms with Gasteiger partial charge in [-0.15, -0.1) is 11.3 Å². The predicted octanol–water partition coefficient (Wildman–Crippen LogP) is 5.05. The Morgan fingerprint density at radius 1 is 1.15 bits per heavy atom. The van der Waals surface area contributed by atoms with Crippen molar-refractivity contribution < 1.29 is 17.7 Å². The summed E-state index contributed by atoms with van der Waals surface area (Å²) in [7, 11) is 0. The monoisotopic (exact) mass is 394 g/mol. The number of aromatic nitrogens is 4. The molecule has 4 aromatic rings. The summed E-state index contributed by atoms with van der Waals surface area (Å²) >= 11 is 2.94. The SMILES string of the molecule is FC(F)(F)c1cccc(-c2noc(CSc3ncnc4ccsc34)n2)c1. The standard InChI is InChI=1S/C16H9F3N4OS2/c17-16(18,19)10-3-1-2-9(6-10)14-22-12(24-23-14)7-26-15-13-11(4-5-25-13)20-8-21-15/h1-6,8H,7H2. The number of rotatable bonds is 4. The molecule has 0 N–H and O–H groups in total. The highest BCUT2D eigenvalue weighted by molar-refractivity contribution is 7.98. The van der Waals surface area contributed by atoms with E-state index in [9.17, 15) is 13.2 Å². The highest BCUT2D eigenvalue weighted by Crippen LogP contribution is 2.33. The lowest BCUT2D eigenvalue weighted by molar-refractivity contribution is -0.137. The third-order valence-corrected chi connectivity index (χ3v) is 5.47. The van der Waals surface area contributed by atoms with Crippen LogP contribution in [0.2, 0.25) is 0 Å². The highest BCUT2D eigenvalue weighted by atomic mass is 32.2. The smallest absolute Gasteiger partial charge is 0.338 e. The van der Waals surface area contributed by atoms with Crippen LogP contribution in [-0.2, 0) is 11.9 Å². The molecule has 5 nitrogen and oxygen atoms in total. The number of hydrogen-bond donors (Lipinski definition) is 0. The summed E-state index contributed by atoms with van der Waals surface area (Å²) < 4.78 is 44.6. The number of thiophene rings is 1. The van der Waals surface area contributed by atoms with Crippen molar-refractivity contribution in [2.45, 2.75) is 17.0 Å². The first-order valence-corrected chi connectivity index (χ1v) is 9.18. The molecule has 0 saturated carbocycles. The molecule has 0 amide bonds. The van der Waals surface area contributed by atoms with E-state index in [2.05, 4.69) is 20.1 Å². The van der Waals surface area contributed by atoms with Gasteiger partial charge in [0, 0.05) is 5.56 Å². The number of thioether (sulfide) groups is 1. The average molecular weight is 394 g/mol. The normalized spacial score (nSPS) is 12.0. The van der Waals surface area contributed by atoms with Gasteiger partial charge in [0.15, 0.2) is 0 Å². The Morgan fingerprint density at radius 2 is 2.04 bits per heavy atom. The molecule has 0 saturated heterocycles. The molecule has 0 fully saturated rings. The lowest BCUT2D eigenvalue weighted by Crippen LogP contribution is -2.04. The third-order valence-electron chi connectivity index (χ3n) is 3.46. The Morgan fingerprint density at radius 3 is 2.88 bits per heavy atom. The molecule has 0 bridgehead atoms. The minimum Gasteiger partial charge on any atom is -0.338 e. The van der Waals surface area contributed by atoms with Crippen molar-refractivity contribution in [2.24, 2.45) is 0 Å². The minimum absolute atomic E-state index is 0.121. The molecule has 0 unspecified atom stereocenters. The van der Waals surface area contributed by atoms with Crippen molar-refractivity contribution in [3.05, 3.63) is 53.5 Å². The van der Waals surface area contributed by atoms with Crippen LogP contribution in [0.4, 0.5) is 13.2 Å². The first-order chi connectivity index (χ1) is 12.5. The van der Waals surface area contributed by atoms with Crippen LogP contribution in [0.15, 0.2) is 51.6 Å². The maximum absolute atomic E-state index is 12.8. The summed E-state index contributed by atoms with van der Waals surface area (Å²) in [5.74, 6) is 0.789. The minimum atomic E-state index is -4.42. The summed E-state index contributed by atoms with van der Waals surface area (Å²) in [5, 5.41) is 6.50. The maximum atomic E-state index is 12.8. The second kappa shape index (κ2) is 6.69. The van der Waals surface area contributed by atoms with Gasteiger partial charge in [-0.3, -0.25) is 0 Å². The Labute approximate surface area is 153 Å². The molecule has 10 heteroatoms. The Kier molecular flexibility index (Phi) is 4.37. The van der Waals surface area contributed by atoms with Gasteiger partial charge in [0.1, 0.15) is 11.4 Å². The van der Waals surface area contributed by atoms with E-state index < -0.39 is 11.7 Å². The van der Waals surface area contributed by atoms with Gasteiger partial charge in [-0.1, -0.05) is 29.1 Å². The van der Waals surface area contributed by atoms with E-state index in [1.54, 1.807) is 0 Å². The second-order valence-corrected chi connectivity index (χ2v) is 7.07. The van der Waals surface area contributed by atoms with Gasteiger partial charge in [0.25, 0.3) is 0 Å². The van der Waals surface area contributed by atoms with Gasteiger partial charge in [-0.25, -0.2) is 9.97 Å². The van der Waals surface area contributed by atoms with E-state index >= 15 is 0 Å². The van der Waals surface area contributed by atoms with Gasteiger partial charge in [-0.05, 0) is 23.6 Å².